The molecule has 0 aromatic heterocycles. The topological polar surface area (TPSA) is 91.3 Å². The van der Waals surface area contributed by atoms with Gasteiger partial charge < -0.3 is 11.1 Å². The van der Waals surface area contributed by atoms with Crippen LogP contribution < -0.4 is 11.1 Å². The summed E-state index contributed by atoms with van der Waals surface area (Å²) in [5.74, 6) is 0.271. The van der Waals surface area contributed by atoms with Gasteiger partial charge in [-0.2, -0.15) is 5.26 Å². The quantitative estimate of drug-likeness (QED) is 0.508. The number of amidine groups is 1. The van der Waals surface area contributed by atoms with Crippen LogP contribution in [0.15, 0.2) is 51.2 Å². The number of hydrogen-bond acceptors (Lipinski definition) is 4. The van der Waals surface area contributed by atoms with Crippen LogP contribution in [0.2, 0.25) is 0 Å². The Morgan fingerprint density at radius 1 is 1.50 bits per heavy atom. The summed E-state index contributed by atoms with van der Waals surface area (Å²) in [4.78, 5) is 15.8. The highest BCUT2D eigenvalue weighted by Gasteiger charge is 2.34. The molecule has 0 bridgehead atoms. The average molecular weight is 238 g/mol. The molecule has 0 aromatic carbocycles. The lowest BCUT2D eigenvalue weighted by molar-refractivity contribution is -0.116. The van der Waals surface area contributed by atoms with Crippen molar-refractivity contribution in [2.75, 3.05) is 7.05 Å². The number of likely N-dealkylation sites (N-methyl/N-ethyl adjacent to an activating group) is 1. The maximum absolute atomic E-state index is 11.6. The van der Waals surface area contributed by atoms with Gasteiger partial charge >= 0.3 is 0 Å². The zero-order valence-electron chi connectivity index (χ0n) is 9.69. The molecule has 1 atom stereocenters. The standard InChI is InChI=1S/C13H10N4O/c1-16-13(18)10(5-14)11-8-3-6-2-7(6)4-9(8)12(15)17-11/h2-4,7H,1H3,(H2,15,17)(H,16,18)/b11-10-/t7-/m1/s1. The predicted molar refractivity (Wildman–Crippen MR) is 66.1 cm³/mol. The van der Waals surface area contributed by atoms with E-state index in [1.807, 2.05) is 18.2 Å². The van der Waals surface area contributed by atoms with Crippen molar-refractivity contribution < 1.29 is 4.79 Å². The summed E-state index contributed by atoms with van der Waals surface area (Å²) < 4.78 is 0. The van der Waals surface area contributed by atoms with E-state index in [-0.39, 0.29) is 5.57 Å². The van der Waals surface area contributed by atoms with Gasteiger partial charge in [0.2, 0.25) is 0 Å². The van der Waals surface area contributed by atoms with Crippen LogP contribution in [0.25, 0.3) is 0 Å². The first-order valence-corrected chi connectivity index (χ1v) is 5.52. The third-order valence-electron chi connectivity index (χ3n) is 3.16. The number of hydrogen-bond donors (Lipinski definition) is 2. The molecule has 1 amide bonds. The van der Waals surface area contributed by atoms with Gasteiger partial charge in [0.1, 0.15) is 17.5 Å². The fraction of sp³-hybridized carbons (Fsp3) is 0.154. The maximum Gasteiger partial charge on any atom is 0.263 e. The molecule has 0 radical (unpaired) electrons. The van der Waals surface area contributed by atoms with Gasteiger partial charge in [0.15, 0.2) is 0 Å². The number of carbonyl (C=O) groups is 1. The monoisotopic (exact) mass is 238 g/mol. The van der Waals surface area contributed by atoms with E-state index in [4.69, 9.17) is 11.0 Å². The minimum Gasteiger partial charge on any atom is -0.383 e. The van der Waals surface area contributed by atoms with Gasteiger partial charge in [-0.25, -0.2) is 4.99 Å². The lowest BCUT2D eigenvalue weighted by Crippen LogP contribution is -2.20. The van der Waals surface area contributed by atoms with E-state index in [0.29, 0.717) is 17.5 Å². The van der Waals surface area contributed by atoms with Crippen molar-refractivity contribution in [1.29, 1.82) is 5.26 Å². The van der Waals surface area contributed by atoms with Crippen molar-refractivity contribution in [3.05, 3.63) is 46.2 Å². The van der Waals surface area contributed by atoms with Crippen molar-refractivity contribution in [1.82, 2.24) is 5.32 Å². The van der Waals surface area contributed by atoms with Crippen molar-refractivity contribution in [3.63, 3.8) is 0 Å². The molecule has 5 nitrogen and oxygen atoms in total. The molecule has 5 heteroatoms. The van der Waals surface area contributed by atoms with Crippen LogP contribution in [0.1, 0.15) is 0 Å². The van der Waals surface area contributed by atoms with Crippen molar-refractivity contribution in [3.8, 4) is 6.07 Å². The van der Waals surface area contributed by atoms with E-state index < -0.39 is 5.91 Å². The Balaban J connectivity index is 2.17. The number of rotatable bonds is 1. The summed E-state index contributed by atoms with van der Waals surface area (Å²) in [5.41, 5.74) is 8.98. The number of nitrogens with two attached hydrogens (primary N) is 1. The molecule has 0 unspecified atom stereocenters. The first-order valence-electron chi connectivity index (χ1n) is 5.52. The normalized spacial score (nSPS) is 25.7. The van der Waals surface area contributed by atoms with Crippen molar-refractivity contribution in [2.24, 2.45) is 16.6 Å². The first-order chi connectivity index (χ1) is 8.65. The third kappa shape index (κ3) is 1.32. The molecular weight excluding hydrogens is 228 g/mol. The second-order valence-corrected chi connectivity index (χ2v) is 4.24. The number of nitriles is 1. The number of allylic oxidation sites excluding steroid dienone is 5. The fourth-order valence-corrected chi connectivity index (χ4v) is 2.15. The molecular formula is C13H10N4O. The summed E-state index contributed by atoms with van der Waals surface area (Å²) in [7, 11) is 1.48. The van der Waals surface area contributed by atoms with E-state index in [1.54, 1.807) is 0 Å². The highest BCUT2D eigenvalue weighted by molar-refractivity contribution is 6.10. The molecule has 18 heavy (non-hydrogen) atoms. The van der Waals surface area contributed by atoms with Crippen LogP contribution in [0.4, 0.5) is 0 Å². The molecule has 3 aliphatic rings. The molecule has 3 rings (SSSR count). The van der Waals surface area contributed by atoms with Crippen LogP contribution in [0.3, 0.4) is 0 Å². The summed E-state index contributed by atoms with van der Waals surface area (Å²) in [6.07, 6.45) is 6.05. The highest BCUT2D eigenvalue weighted by Crippen LogP contribution is 2.44. The van der Waals surface area contributed by atoms with Gasteiger partial charge in [-0.15, -0.1) is 0 Å². The van der Waals surface area contributed by atoms with Crippen LogP contribution in [0, 0.1) is 17.2 Å². The molecule has 0 aromatic rings. The first kappa shape index (κ1) is 10.5. The zero-order valence-corrected chi connectivity index (χ0v) is 9.69. The predicted octanol–water partition coefficient (Wildman–Crippen LogP) is 0.303. The smallest absolute Gasteiger partial charge is 0.263 e. The van der Waals surface area contributed by atoms with E-state index in [1.165, 1.54) is 12.6 Å². The van der Waals surface area contributed by atoms with E-state index >= 15 is 0 Å². The number of fused-ring (bicyclic) bond motifs is 2. The maximum atomic E-state index is 11.6. The van der Waals surface area contributed by atoms with E-state index in [2.05, 4.69) is 16.4 Å². The Labute approximate surface area is 104 Å². The molecule has 1 heterocycles. The van der Waals surface area contributed by atoms with Gasteiger partial charge in [-0.3, -0.25) is 4.79 Å². The summed E-state index contributed by atoms with van der Waals surface area (Å²) >= 11 is 0. The lowest BCUT2D eigenvalue weighted by Gasteiger charge is -2.08. The SMILES string of the molecule is CNC(=O)/C(C#N)=C1\N=C(N)C2=C[C@H]3C=C3C=C21. The molecule has 88 valence electrons. The largest absolute Gasteiger partial charge is 0.383 e. The third-order valence-corrected chi connectivity index (χ3v) is 3.16. The van der Waals surface area contributed by atoms with Gasteiger partial charge in [0.25, 0.3) is 5.91 Å². The Kier molecular flexibility index (Phi) is 2.01. The van der Waals surface area contributed by atoms with Crippen LogP contribution >= 0.6 is 0 Å². The molecule has 0 saturated heterocycles. The lowest BCUT2D eigenvalue weighted by atomic mass is 9.95. The molecule has 0 fully saturated rings. The number of carbonyl (C=O) groups excluding carboxylic acids is 1. The minimum atomic E-state index is -0.446. The number of aliphatic imine (C=N–C) groups is 1. The Morgan fingerprint density at radius 3 is 2.94 bits per heavy atom. The van der Waals surface area contributed by atoms with Gasteiger partial charge in [-0.05, 0) is 11.6 Å². The van der Waals surface area contributed by atoms with Crippen LogP contribution in [-0.2, 0) is 4.79 Å². The van der Waals surface area contributed by atoms with Crippen LogP contribution in [0.5, 0.6) is 0 Å². The number of nitrogens with zero attached hydrogens (tertiary/aromatic N) is 2. The Bertz CT molecular complexity index is 668. The summed E-state index contributed by atoms with van der Waals surface area (Å²) in [6, 6.07) is 1.89. The van der Waals surface area contributed by atoms with Crippen LogP contribution in [-0.4, -0.2) is 18.8 Å². The summed E-state index contributed by atoms with van der Waals surface area (Å²) in [5, 5.41) is 11.5. The van der Waals surface area contributed by atoms with Gasteiger partial charge in [0.05, 0.1) is 5.70 Å². The number of nitrogens with one attached hydrogen (secondary N) is 1. The zero-order chi connectivity index (χ0) is 12.9. The molecule has 3 N–H and O–H groups in total. The Morgan fingerprint density at radius 2 is 2.28 bits per heavy atom. The molecule has 1 aliphatic heterocycles. The second-order valence-electron chi connectivity index (χ2n) is 4.24. The van der Waals surface area contributed by atoms with Crippen molar-refractivity contribution >= 4 is 11.7 Å². The van der Waals surface area contributed by atoms with E-state index in [0.717, 1.165) is 11.1 Å². The second kappa shape index (κ2) is 3.44. The fourth-order valence-electron chi connectivity index (χ4n) is 2.15. The highest BCUT2D eigenvalue weighted by atomic mass is 16.1. The van der Waals surface area contributed by atoms with E-state index in [9.17, 15) is 4.79 Å². The van der Waals surface area contributed by atoms with Gasteiger partial charge in [0, 0.05) is 24.1 Å². The number of amides is 1. The average Bonchev–Trinajstić information content (AvgIpc) is 3.07. The Hall–Kier alpha value is -2.61. The molecule has 2 aliphatic carbocycles. The summed E-state index contributed by atoms with van der Waals surface area (Å²) in [6.45, 7) is 0. The molecule has 0 spiro atoms. The van der Waals surface area contributed by atoms with Crippen molar-refractivity contribution in [2.45, 2.75) is 0 Å². The van der Waals surface area contributed by atoms with Gasteiger partial charge in [-0.1, -0.05) is 12.2 Å². The minimum absolute atomic E-state index is 0.00481. The molecule has 0 saturated carbocycles.